The highest BCUT2D eigenvalue weighted by Crippen LogP contribution is 2.45. The van der Waals surface area contributed by atoms with E-state index >= 15 is 0 Å². The zero-order chi connectivity index (χ0) is 16.6. The Morgan fingerprint density at radius 2 is 1.91 bits per heavy atom. The lowest BCUT2D eigenvalue weighted by molar-refractivity contribution is -0.119. The summed E-state index contributed by atoms with van der Waals surface area (Å²) < 4.78 is 5.01. The second-order valence-electron chi connectivity index (χ2n) is 6.54. The van der Waals surface area contributed by atoms with Crippen LogP contribution in [0.15, 0.2) is 0 Å². The van der Waals surface area contributed by atoms with Gasteiger partial charge in [-0.3, -0.25) is 4.79 Å². The number of hydrogen-bond donors (Lipinski definition) is 0. The molecule has 1 unspecified atom stereocenters. The fraction of sp³-hybridized carbons (Fsp3) is 0.647. The van der Waals surface area contributed by atoms with Crippen LogP contribution in [-0.2, 0) is 9.53 Å². The molecule has 1 aliphatic heterocycles. The van der Waals surface area contributed by atoms with Crippen LogP contribution in [0.2, 0.25) is 0 Å². The van der Waals surface area contributed by atoms with Gasteiger partial charge in [0, 0.05) is 17.3 Å². The van der Waals surface area contributed by atoms with Crippen LogP contribution >= 0.6 is 11.3 Å². The summed E-state index contributed by atoms with van der Waals surface area (Å²) in [5, 5.41) is 0.772. The second kappa shape index (κ2) is 6.41. The zero-order valence-electron chi connectivity index (χ0n) is 14.2. The van der Waals surface area contributed by atoms with E-state index in [-0.39, 0.29) is 23.7 Å². The summed E-state index contributed by atoms with van der Waals surface area (Å²) in [6, 6.07) is 0. The normalized spacial score (nSPS) is 18.6. The molecule has 0 saturated carbocycles. The topological polar surface area (TPSA) is 46.6 Å². The maximum Gasteiger partial charge on any atom is 0.341 e. The highest BCUT2D eigenvalue weighted by Gasteiger charge is 2.36. The van der Waals surface area contributed by atoms with E-state index in [0.29, 0.717) is 18.0 Å². The molecule has 122 valence electrons. The molecule has 5 heteroatoms. The van der Waals surface area contributed by atoms with Crippen molar-refractivity contribution in [3.63, 3.8) is 0 Å². The van der Waals surface area contributed by atoms with E-state index in [1.165, 1.54) is 12.0 Å². The molecule has 1 aromatic rings. The number of hydrogen-bond acceptors (Lipinski definition) is 4. The van der Waals surface area contributed by atoms with Gasteiger partial charge in [-0.2, -0.15) is 0 Å². The summed E-state index contributed by atoms with van der Waals surface area (Å²) in [6.07, 6.45) is 0.839. The largest absolute Gasteiger partial charge is 0.465 e. The van der Waals surface area contributed by atoms with E-state index in [1.54, 1.807) is 16.2 Å². The van der Waals surface area contributed by atoms with Crippen LogP contribution in [0.4, 0.5) is 5.00 Å². The van der Waals surface area contributed by atoms with Crippen LogP contribution in [0.3, 0.4) is 0 Å². The van der Waals surface area contributed by atoms with Gasteiger partial charge in [0.1, 0.15) is 5.00 Å². The van der Waals surface area contributed by atoms with Gasteiger partial charge in [0.15, 0.2) is 0 Å². The third-order valence-corrected chi connectivity index (χ3v) is 5.69. The molecule has 1 aliphatic rings. The Hall–Kier alpha value is -1.36. The van der Waals surface area contributed by atoms with Crippen molar-refractivity contribution in [2.75, 3.05) is 18.6 Å². The Morgan fingerprint density at radius 1 is 1.27 bits per heavy atom. The van der Waals surface area contributed by atoms with Crippen molar-refractivity contribution in [1.29, 1.82) is 0 Å². The van der Waals surface area contributed by atoms with Crippen molar-refractivity contribution in [1.82, 2.24) is 0 Å². The average molecular weight is 323 g/mol. The highest BCUT2D eigenvalue weighted by molar-refractivity contribution is 7.17. The molecule has 22 heavy (non-hydrogen) atoms. The van der Waals surface area contributed by atoms with E-state index in [2.05, 4.69) is 27.7 Å². The molecule has 0 aromatic carbocycles. The van der Waals surface area contributed by atoms with Gasteiger partial charge in [-0.15, -0.1) is 11.3 Å². The Balaban J connectivity index is 2.65. The van der Waals surface area contributed by atoms with Crippen LogP contribution < -0.4 is 4.90 Å². The number of anilines is 1. The van der Waals surface area contributed by atoms with Crippen molar-refractivity contribution >= 4 is 28.2 Å². The first-order valence-electron chi connectivity index (χ1n) is 7.85. The number of carbonyl (C=O) groups is 2. The van der Waals surface area contributed by atoms with Crippen molar-refractivity contribution < 1.29 is 14.3 Å². The summed E-state index contributed by atoms with van der Waals surface area (Å²) in [5.74, 6) is 0.324. The number of rotatable bonds is 4. The van der Waals surface area contributed by atoms with Crippen molar-refractivity contribution in [2.45, 2.75) is 52.9 Å². The van der Waals surface area contributed by atoms with E-state index in [1.807, 2.05) is 6.92 Å². The van der Waals surface area contributed by atoms with Crippen LogP contribution in [0.25, 0.3) is 0 Å². The molecule has 0 spiro atoms. The van der Waals surface area contributed by atoms with Crippen LogP contribution in [0.1, 0.15) is 73.7 Å². The van der Waals surface area contributed by atoms with Crippen LogP contribution in [0, 0.1) is 5.92 Å². The molecule has 2 heterocycles. The molecule has 2 rings (SSSR count). The van der Waals surface area contributed by atoms with Gasteiger partial charge in [0.2, 0.25) is 5.91 Å². The molecule has 1 aromatic heterocycles. The molecule has 1 saturated heterocycles. The first-order valence-corrected chi connectivity index (χ1v) is 8.67. The second-order valence-corrected chi connectivity index (χ2v) is 7.57. The summed E-state index contributed by atoms with van der Waals surface area (Å²) in [6.45, 7) is 11.0. The first-order chi connectivity index (χ1) is 10.3. The number of thiophene rings is 1. The van der Waals surface area contributed by atoms with E-state index < -0.39 is 0 Å². The lowest BCUT2D eigenvalue weighted by Crippen LogP contribution is -2.27. The fourth-order valence-corrected chi connectivity index (χ4v) is 4.44. The number of nitrogens with zero attached hydrogens (tertiary/aromatic N) is 1. The van der Waals surface area contributed by atoms with Crippen LogP contribution in [0.5, 0.6) is 0 Å². The van der Waals surface area contributed by atoms with Gasteiger partial charge in [0.25, 0.3) is 0 Å². The lowest BCUT2D eigenvalue weighted by Gasteiger charge is -2.17. The van der Waals surface area contributed by atoms with Crippen molar-refractivity contribution in [2.24, 2.45) is 5.92 Å². The average Bonchev–Trinajstić information content (AvgIpc) is 3.00. The third kappa shape index (κ3) is 2.78. The fourth-order valence-electron chi connectivity index (χ4n) is 2.96. The van der Waals surface area contributed by atoms with E-state index in [9.17, 15) is 9.59 Å². The maximum atomic E-state index is 12.4. The number of ether oxygens (including phenoxy) is 1. The number of esters is 1. The highest BCUT2D eigenvalue weighted by atomic mass is 32.1. The van der Waals surface area contributed by atoms with Gasteiger partial charge in [-0.25, -0.2) is 4.79 Å². The maximum absolute atomic E-state index is 12.4. The quantitative estimate of drug-likeness (QED) is 0.782. The molecule has 4 nitrogen and oxygen atoms in total. The minimum absolute atomic E-state index is 0.0256. The SMILES string of the molecule is COC(=O)c1c(N2CCC(C)C2=O)sc(C(C)C)c1C(C)C. The van der Waals surface area contributed by atoms with Gasteiger partial charge < -0.3 is 9.64 Å². The summed E-state index contributed by atoms with van der Waals surface area (Å²) in [4.78, 5) is 27.8. The lowest BCUT2D eigenvalue weighted by atomic mass is 9.94. The zero-order valence-corrected chi connectivity index (χ0v) is 15.0. The van der Waals surface area contributed by atoms with Crippen LogP contribution in [-0.4, -0.2) is 25.5 Å². The van der Waals surface area contributed by atoms with Gasteiger partial charge in [-0.05, 0) is 23.8 Å². The Labute approximate surface area is 136 Å². The van der Waals surface area contributed by atoms with E-state index in [4.69, 9.17) is 4.74 Å². The van der Waals surface area contributed by atoms with E-state index in [0.717, 1.165) is 17.0 Å². The molecule has 0 bridgehead atoms. The predicted octanol–water partition coefficient (Wildman–Crippen LogP) is 4.15. The third-order valence-electron chi connectivity index (χ3n) is 4.17. The molecule has 1 amide bonds. The Morgan fingerprint density at radius 3 is 2.32 bits per heavy atom. The number of methoxy groups -OCH3 is 1. The molecule has 0 aliphatic carbocycles. The number of carbonyl (C=O) groups excluding carboxylic acids is 2. The minimum Gasteiger partial charge on any atom is -0.465 e. The Bertz CT molecular complexity index is 589. The standard InChI is InChI=1S/C17H25NO3S/c1-9(2)12-13(17(20)21-6)16(22-14(12)10(3)4)18-8-7-11(5)15(18)19/h9-11H,7-8H2,1-6H3. The molecule has 1 fully saturated rings. The monoisotopic (exact) mass is 323 g/mol. The molecular formula is C17H25NO3S. The summed E-state index contributed by atoms with van der Waals surface area (Å²) in [5.41, 5.74) is 1.63. The molecular weight excluding hydrogens is 298 g/mol. The van der Waals surface area contributed by atoms with Gasteiger partial charge >= 0.3 is 5.97 Å². The molecule has 0 radical (unpaired) electrons. The molecule has 1 atom stereocenters. The van der Waals surface area contributed by atoms with Gasteiger partial charge in [-0.1, -0.05) is 34.6 Å². The van der Waals surface area contributed by atoms with Gasteiger partial charge in [0.05, 0.1) is 12.7 Å². The summed E-state index contributed by atoms with van der Waals surface area (Å²) >= 11 is 1.57. The smallest absolute Gasteiger partial charge is 0.341 e. The molecule has 0 N–H and O–H groups in total. The first kappa shape index (κ1) is 17.0. The predicted molar refractivity (Wildman–Crippen MR) is 90.0 cm³/mol. The van der Waals surface area contributed by atoms with Crippen molar-refractivity contribution in [3.8, 4) is 0 Å². The van der Waals surface area contributed by atoms with Crippen molar-refractivity contribution in [3.05, 3.63) is 16.0 Å². The Kier molecular flexibility index (Phi) is 4.95. The minimum atomic E-state index is -0.339. The summed E-state index contributed by atoms with van der Waals surface area (Å²) in [7, 11) is 1.40. The number of amides is 1.